The van der Waals surface area contributed by atoms with E-state index in [0.29, 0.717) is 12.4 Å². The molecule has 0 spiro atoms. The molecule has 0 amide bonds. The summed E-state index contributed by atoms with van der Waals surface area (Å²) < 4.78 is 27.9. The van der Waals surface area contributed by atoms with Crippen molar-refractivity contribution in [2.75, 3.05) is 6.54 Å². The van der Waals surface area contributed by atoms with Gasteiger partial charge in [0.2, 0.25) is 0 Å². The van der Waals surface area contributed by atoms with Crippen LogP contribution in [0.1, 0.15) is 19.2 Å². The van der Waals surface area contributed by atoms with Gasteiger partial charge in [0.1, 0.15) is 17.3 Å². The number of nitrogens with one attached hydrogen (secondary N) is 1. The Bertz CT molecular complexity index is 526. The first kappa shape index (κ1) is 12.6. The predicted octanol–water partition coefficient (Wildman–Crippen LogP) is 1.44. The molecule has 2 rings (SSSR count). The number of hydrogen-bond acceptors (Lipinski definition) is 4. The molecular weight excluding hydrogens is 240 g/mol. The molecule has 96 valence electrons. The lowest BCUT2D eigenvalue weighted by atomic mass is 10.3. The summed E-state index contributed by atoms with van der Waals surface area (Å²) in [6, 6.07) is 3.17. The largest absolute Gasteiger partial charge is 0.310 e. The average Bonchev–Trinajstić information content (AvgIpc) is 2.81. The molecule has 5 nitrogen and oxygen atoms in total. The molecule has 0 saturated heterocycles. The van der Waals surface area contributed by atoms with E-state index in [4.69, 9.17) is 0 Å². The second-order valence-corrected chi connectivity index (χ2v) is 3.78. The zero-order chi connectivity index (χ0) is 13.0. The van der Waals surface area contributed by atoms with Crippen molar-refractivity contribution in [1.29, 1.82) is 0 Å². The number of tetrazole rings is 1. The normalized spacial score (nSPS) is 10.8. The van der Waals surface area contributed by atoms with Gasteiger partial charge in [-0.15, -0.1) is 5.10 Å². The average molecular weight is 253 g/mol. The van der Waals surface area contributed by atoms with Crippen LogP contribution in [0.4, 0.5) is 8.78 Å². The maximum atomic E-state index is 13.6. The molecule has 0 aliphatic heterocycles. The number of benzene rings is 1. The minimum absolute atomic E-state index is 0.00768. The Kier molecular flexibility index (Phi) is 3.93. The Labute approximate surface area is 103 Å². The summed E-state index contributed by atoms with van der Waals surface area (Å²) >= 11 is 0. The van der Waals surface area contributed by atoms with Crippen LogP contribution in [0.3, 0.4) is 0 Å². The number of nitrogens with zero attached hydrogens (tertiary/aromatic N) is 4. The van der Waals surface area contributed by atoms with Gasteiger partial charge in [-0.05, 0) is 35.5 Å². The molecule has 0 radical (unpaired) electrons. The van der Waals surface area contributed by atoms with Gasteiger partial charge in [0.15, 0.2) is 5.82 Å². The third kappa shape index (κ3) is 2.67. The van der Waals surface area contributed by atoms with Crippen LogP contribution in [0.2, 0.25) is 0 Å². The zero-order valence-corrected chi connectivity index (χ0v) is 9.90. The molecule has 0 saturated carbocycles. The molecule has 0 aliphatic rings. The van der Waals surface area contributed by atoms with Crippen molar-refractivity contribution in [2.24, 2.45) is 0 Å². The second-order valence-electron chi connectivity index (χ2n) is 3.78. The highest BCUT2D eigenvalue weighted by atomic mass is 19.1. The van der Waals surface area contributed by atoms with Crippen LogP contribution < -0.4 is 5.32 Å². The van der Waals surface area contributed by atoms with E-state index in [2.05, 4.69) is 20.8 Å². The molecule has 1 aromatic heterocycles. The standard InChI is InChI=1S/C11H13F2N5/c1-2-5-14-7-11-15-16-17-18(11)10-6-8(12)3-4-9(10)13/h3-4,6,14H,2,5,7H2,1H3. The van der Waals surface area contributed by atoms with Crippen molar-refractivity contribution >= 4 is 0 Å². The minimum Gasteiger partial charge on any atom is -0.310 e. The predicted molar refractivity (Wildman–Crippen MR) is 61.1 cm³/mol. The summed E-state index contributed by atoms with van der Waals surface area (Å²) in [5.74, 6) is -0.664. The minimum atomic E-state index is -0.569. The maximum Gasteiger partial charge on any atom is 0.170 e. The summed E-state index contributed by atoms with van der Waals surface area (Å²) in [6.07, 6.45) is 0.968. The molecule has 0 bridgehead atoms. The van der Waals surface area contributed by atoms with E-state index < -0.39 is 11.6 Å². The van der Waals surface area contributed by atoms with Crippen LogP contribution >= 0.6 is 0 Å². The summed E-state index contributed by atoms with van der Waals surface area (Å²) in [6.45, 7) is 3.23. The smallest absolute Gasteiger partial charge is 0.170 e. The van der Waals surface area contributed by atoms with E-state index in [1.54, 1.807) is 0 Å². The van der Waals surface area contributed by atoms with E-state index in [9.17, 15) is 8.78 Å². The van der Waals surface area contributed by atoms with Gasteiger partial charge in [-0.2, -0.15) is 4.68 Å². The topological polar surface area (TPSA) is 55.6 Å². The summed E-state index contributed by atoms with van der Waals surface area (Å²) in [7, 11) is 0. The molecule has 0 unspecified atom stereocenters. The molecule has 1 aromatic carbocycles. The first-order valence-electron chi connectivity index (χ1n) is 5.65. The van der Waals surface area contributed by atoms with Crippen molar-refractivity contribution in [3.8, 4) is 5.69 Å². The van der Waals surface area contributed by atoms with Crippen LogP contribution in [0.5, 0.6) is 0 Å². The van der Waals surface area contributed by atoms with E-state index in [0.717, 1.165) is 31.2 Å². The lowest BCUT2D eigenvalue weighted by Gasteiger charge is -2.06. The van der Waals surface area contributed by atoms with E-state index in [1.807, 2.05) is 6.92 Å². The first-order valence-corrected chi connectivity index (χ1v) is 5.65. The molecule has 1 heterocycles. The summed E-state index contributed by atoms with van der Waals surface area (Å²) in [4.78, 5) is 0. The fourth-order valence-corrected chi connectivity index (χ4v) is 1.53. The third-order valence-corrected chi connectivity index (χ3v) is 2.38. The van der Waals surface area contributed by atoms with Crippen molar-refractivity contribution in [1.82, 2.24) is 25.5 Å². The number of aromatic nitrogens is 4. The number of rotatable bonds is 5. The summed E-state index contributed by atoms with van der Waals surface area (Å²) in [5, 5.41) is 14.0. The highest BCUT2D eigenvalue weighted by Crippen LogP contribution is 2.14. The molecule has 0 aliphatic carbocycles. The van der Waals surface area contributed by atoms with Crippen LogP contribution in [0, 0.1) is 11.6 Å². The van der Waals surface area contributed by atoms with Gasteiger partial charge in [-0.25, -0.2) is 8.78 Å². The Hall–Kier alpha value is -1.89. The van der Waals surface area contributed by atoms with Crippen LogP contribution in [-0.2, 0) is 6.54 Å². The Morgan fingerprint density at radius 2 is 2.17 bits per heavy atom. The lowest BCUT2D eigenvalue weighted by molar-refractivity contribution is 0.573. The van der Waals surface area contributed by atoms with E-state index in [-0.39, 0.29) is 5.69 Å². The van der Waals surface area contributed by atoms with Gasteiger partial charge in [-0.3, -0.25) is 0 Å². The van der Waals surface area contributed by atoms with Crippen LogP contribution in [0.25, 0.3) is 5.69 Å². The third-order valence-electron chi connectivity index (χ3n) is 2.38. The fourth-order valence-electron chi connectivity index (χ4n) is 1.53. The van der Waals surface area contributed by atoms with Crippen molar-refractivity contribution in [3.05, 3.63) is 35.7 Å². The van der Waals surface area contributed by atoms with Gasteiger partial charge in [0.25, 0.3) is 0 Å². The molecular formula is C11H13F2N5. The van der Waals surface area contributed by atoms with Crippen molar-refractivity contribution in [3.63, 3.8) is 0 Å². The van der Waals surface area contributed by atoms with Crippen molar-refractivity contribution in [2.45, 2.75) is 19.9 Å². The molecule has 1 N–H and O–H groups in total. The van der Waals surface area contributed by atoms with Gasteiger partial charge in [0.05, 0.1) is 6.54 Å². The zero-order valence-electron chi connectivity index (χ0n) is 9.90. The van der Waals surface area contributed by atoms with Crippen molar-refractivity contribution < 1.29 is 8.78 Å². The Morgan fingerprint density at radius 1 is 1.33 bits per heavy atom. The maximum absolute atomic E-state index is 13.6. The quantitative estimate of drug-likeness (QED) is 0.819. The molecule has 0 fully saturated rings. The lowest BCUT2D eigenvalue weighted by Crippen LogP contribution is -2.18. The Morgan fingerprint density at radius 3 is 2.94 bits per heavy atom. The molecule has 18 heavy (non-hydrogen) atoms. The van der Waals surface area contributed by atoms with Gasteiger partial charge in [0, 0.05) is 6.07 Å². The van der Waals surface area contributed by atoms with Gasteiger partial charge < -0.3 is 5.32 Å². The van der Waals surface area contributed by atoms with Gasteiger partial charge >= 0.3 is 0 Å². The fraction of sp³-hybridized carbons (Fsp3) is 0.364. The number of hydrogen-bond donors (Lipinski definition) is 1. The SMILES string of the molecule is CCCNCc1nnnn1-c1cc(F)ccc1F. The molecule has 2 aromatic rings. The first-order chi connectivity index (χ1) is 8.72. The van der Waals surface area contributed by atoms with Crippen LogP contribution in [0.15, 0.2) is 18.2 Å². The van der Waals surface area contributed by atoms with E-state index >= 15 is 0 Å². The highest BCUT2D eigenvalue weighted by molar-refractivity contribution is 5.33. The van der Waals surface area contributed by atoms with Crippen LogP contribution in [-0.4, -0.2) is 26.8 Å². The number of halogens is 2. The molecule has 7 heteroatoms. The van der Waals surface area contributed by atoms with Gasteiger partial charge in [-0.1, -0.05) is 6.92 Å². The highest BCUT2D eigenvalue weighted by Gasteiger charge is 2.12. The monoisotopic (exact) mass is 253 g/mol. The van der Waals surface area contributed by atoms with E-state index in [1.165, 1.54) is 4.68 Å². The molecule has 0 atom stereocenters. The summed E-state index contributed by atoms with van der Waals surface area (Å²) in [5.41, 5.74) is 0.00768. The Balaban J connectivity index is 2.27. The second kappa shape index (κ2) is 5.63.